The molecule has 0 aromatic heterocycles. The summed E-state index contributed by atoms with van der Waals surface area (Å²) < 4.78 is 0. The van der Waals surface area contributed by atoms with E-state index in [1.165, 1.54) is 25.7 Å². The molecule has 0 saturated heterocycles. The Morgan fingerprint density at radius 3 is 2.00 bits per heavy atom. The lowest BCUT2D eigenvalue weighted by Crippen LogP contribution is -2.47. The number of hydrogen-bond acceptors (Lipinski definition) is 0. The van der Waals surface area contributed by atoms with Gasteiger partial charge in [-0.05, 0) is 47.8 Å². The van der Waals surface area contributed by atoms with Crippen LogP contribution in [-0.4, -0.2) is 0 Å². The quantitative estimate of drug-likeness (QED) is 0.577. The summed E-state index contributed by atoms with van der Waals surface area (Å²) in [7, 11) is 0. The van der Waals surface area contributed by atoms with Crippen molar-refractivity contribution in [1.82, 2.24) is 0 Å². The molecule has 0 heterocycles. The van der Waals surface area contributed by atoms with Crippen LogP contribution in [0.5, 0.6) is 0 Å². The van der Waals surface area contributed by atoms with Crippen LogP contribution in [0.2, 0.25) is 0 Å². The summed E-state index contributed by atoms with van der Waals surface area (Å²) in [6.07, 6.45) is 5.91. The lowest BCUT2D eigenvalue weighted by Gasteiger charge is -2.55. The minimum Gasteiger partial charge on any atom is -0.0617 e. The van der Waals surface area contributed by atoms with Gasteiger partial charge in [0.05, 0.1) is 0 Å². The van der Waals surface area contributed by atoms with Gasteiger partial charge >= 0.3 is 0 Å². The Bertz CT molecular complexity index is 224. The van der Waals surface area contributed by atoms with Crippen molar-refractivity contribution in [3.05, 3.63) is 0 Å². The molecule has 3 unspecified atom stereocenters. The Labute approximate surface area is 89.5 Å². The van der Waals surface area contributed by atoms with E-state index in [2.05, 4.69) is 34.6 Å². The minimum atomic E-state index is 0.628. The predicted octanol–water partition coefficient (Wildman–Crippen LogP) is 4.49. The first-order valence-electron chi connectivity index (χ1n) is 6.34. The van der Waals surface area contributed by atoms with Gasteiger partial charge in [0.1, 0.15) is 0 Å². The van der Waals surface area contributed by atoms with Crippen molar-refractivity contribution in [3.8, 4) is 0 Å². The Morgan fingerprint density at radius 2 is 1.64 bits per heavy atom. The standard InChI is InChI=1S/C14H26/c1-10-11(9-14(10,4)5)12-7-6-8-13(12,2)3/h10-12H,6-9H2,1-5H3. The molecule has 0 spiro atoms. The zero-order chi connectivity index (χ0) is 10.6. The third-order valence-corrected chi connectivity index (χ3v) is 5.49. The van der Waals surface area contributed by atoms with E-state index in [4.69, 9.17) is 0 Å². The van der Waals surface area contributed by atoms with Gasteiger partial charge in [0, 0.05) is 0 Å². The largest absolute Gasteiger partial charge is 0.0617 e. The van der Waals surface area contributed by atoms with Crippen molar-refractivity contribution in [3.63, 3.8) is 0 Å². The van der Waals surface area contributed by atoms with E-state index in [0.29, 0.717) is 10.8 Å². The monoisotopic (exact) mass is 194 g/mol. The summed E-state index contributed by atoms with van der Waals surface area (Å²) in [6, 6.07) is 0. The topological polar surface area (TPSA) is 0 Å². The molecule has 2 rings (SSSR count). The van der Waals surface area contributed by atoms with Crippen LogP contribution in [0, 0.1) is 28.6 Å². The summed E-state index contributed by atoms with van der Waals surface area (Å²) >= 11 is 0. The molecule has 0 radical (unpaired) electrons. The van der Waals surface area contributed by atoms with Crippen molar-refractivity contribution in [1.29, 1.82) is 0 Å². The minimum absolute atomic E-state index is 0.628. The molecule has 0 amide bonds. The first kappa shape index (κ1) is 10.5. The van der Waals surface area contributed by atoms with E-state index in [0.717, 1.165) is 17.8 Å². The first-order chi connectivity index (χ1) is 6.34. The van der Waals surface area contributed by atoms with Crippen LogP contribution in [0.3, 0.4) is 0 Å². The summed E-state index contributed by atoms with van der Waals surface area (Å²) in [6.45, 7) is 12.3. The van der Waals surface area contributed by atoms with Crippen LogP contribution in [-0.2, 0) is 0 Å². The third kappa shape index (κ3) is 1.42. The van der Waals surface area contributed by atoms with Crippen molar-refractivity contribution >= 4 is 0 Å². The highest BCUT2D eigenvalue weighted by Crippen LogP contribution is 2.60. The van der Waals surface area contributed by atoms with Gasteiger partial charge in [-0.25, -0.2) is 0 Å². The van der Waals surface area contributed by atoms with E-state index < -0.39 is 0 Å². The summed E-state index contributed by atoms with van der Waals surface area (Å²) in [5, 5.41) is 0. The van der Waals surface area contributed by atoms with Crippen molar-refractivity contribution < 1.29 is 0 Å². The van der Waals surface area contributed by atoms with Crippen LogP contribution in [0.25, 0.3) is 0 Å². The molecule has 0 N–H and O–H groups in total. The van der Waals surface area contributed by atoms with Gasteiger partial charge in [-0.3, -0.25) is 0 Å². The van der Waals surface area contributed by atoms with Gasteiger partial charge in [0.25, 0.3) is 0 Å². The molecule has 2 aliphatic rings. The lowest BCUT2D eigenvalue weighted by molar-refractivity contribution is -0.0590. The van der Waals surface area contributed by atoms with Gasteiger partial charge in [-0.2, -0.15) is 0 Å². The highest BCUT2D eigenvalue weighted by Gasteiger charge is 2.52. The zero-order valence-electron chi connectivity index (χ0n) is 10.6. The Kier molecular flexibility index (Phi) is 2.25. The van der Waals surface area contributed by atoms with Crippen LogP contribution in [0.1, 0.15) is 60.3 Å². The fourth-order valence-electron chi connectivity index (χ4n) is 4.03. The molecular formula is C14H26. The maximum absolute atomic E-state index is 2.49. The average Bonchev–Trinajstić information content (AvgIpc) is 2.41. The van der Waals surface area contributed by atoms with Crippen molar-refractivity contribution in [2.75, 3.05) is 0 Å². The van der Waals surface area contributed by atoms with E-state index in [-0.39, 0.29) is 0 Å². The Morgan fingerprint density at radius 1 is 1.00 bits per heavy atom. The molecule has 0 aromatic rings. The van der Waals surface area contributed by atoms with Crippen molar-refractivity contribution in [2.45, 2.75) is 60.3 Å². The summed E-state index contributed by atoms with van der Waals surface area (Å²) in [5.41, 5.74) is 1.26. The molecule has 82 valence electrons. The molecule has 0 heteroatoms. The molecule has 14 heavy (non-hydrogen) atoms. The second-order valence-corrected chi connectivity index (χ2v) is 7.13. The molecular weight excluding hydrogens is 168 g/mol. The summed E-state index contributed by atoms with van der Waals surface area (Å²) in [4.78, 5) is 0. The van der Waals surface area contributed by atoms with Gasteiger partial charge in [0.15, 0.2) is 0 Å². The first-order valence-corrected chi connectivity index (χ1v) is 6.34. The molecule has 0 aliphatic heterocycles. The molecule has 2 saturated carbocycles. The van der Waals surface area contributed by atoms with E-state index in [9.17, 15) is 0 Å². The molecule has 2 aliphatic carbocycles. The van der Waals surface area contributed by atoms with Gasteiger partial charge in [-0.1, -0.05) is 41.0 Å². The molecule has 0 aromatic carbocycles. The average molecular weight is 194 g/mol. The zero-order valence-corrected chi connectivity index (χ0v) is 10.6. The molecule has 3 atom stereocenters. The maximum atomic E-state index is 2.49. The smallest absolute Gasteiger partial charge is 0.0323 e. The Hall–Kier alpha value is 0. The molecule has 2 fully saturated rings. The Balaban J connectivity index is 2.05. The number of rotatable bonds is 1. The highest BCUT2D eigenvalue weighted by atomic mass is 14.6. The van der Waals surface area contributed by atoms with Gasteiger partial charge in [0.2, 0.25) is 0 Å². The second kappa shape index (κ2) is 3.00. The second-order valence-electron chi connectivity index (χ2n) is 7.13. The summed E-state index contributed by atoms with van der Waals surface area (Å²) in [5.74, 6) is 3.00. The lowest BCUT2D eigenvalue weighted by atomic mass is 9.50. The van der Waals surface area contributed by atoms with Crippen LogP contribution < -0.4 is 0 Å². The van der Waals surface area contributed by atoms with Gasteiger partial charge < -0.3 is 0 Å². The highest BCUT2D eigenvalue weighted by molar-refractivity contribution is 5.01. The van der Waals surface area contributed by atoms with Crippen LogP contribution in [0.4, 0.5) is 0 Å². The predicted molar refractivity (Wildman–Crippen MR) is 62.2 cm³/mol. The fourth-order valence-corrected chi connectivity index (χ4v) is 4.03. The van der Waals surface area contributed by atoms with Gasteiger partial charge in [-0.15, -0.1) is 0 Å². The third-order valence-electron chi connectivity index (χ3n) is 5.49. The SMILES string of the molecule is CC1C(C2CCCC2(C)C)CC1(C)C. The maximum Gasteiger partial charge on any atom is -0.0323 e. The van der Waals surface area contributed by atoms with E-state index in [1.807, 2.05) is 0 Å². The van der Waals surface area contributed by atoms with E-state index in [1.54, 1.807) is 0 Å². The van der Waals surface area contributed by atoms with Crippen LogP contribution >= 0.6 is 0 Å². The fraction of sp³-hybridized carbons (Fsp3) is 1.00. The molecule has 0 bridgehead atoms. The molecule has 0 nitrogen and oxygen atoms in total. The number of hydrogen-bond donors (Lipinski definition) is 0. The normalized spacial score (nSPS) is 44.8. The van der Waals surface area contributed by atoms with E-state index >= 15 is 0 Å². The van der Waals surface area contributed by atoms with Crippen molar-refractivity contribution in [2.24, 2.45) is 28.6 Å². The van der Waals surface area contributed by atoms with Crippen LogP contribution in [0.15, 0.2) is 0 Å².